The van der Waals surface area contributed by atoms with Gasteiger partial charge in [0.2, 0.25) is 10.0 Å². The predicted octanol–water partition coefficient (Wildman–Crippen LogP) is 2.18. The molecule has 1 aromatic carbocycles. The molecule has 2 fully saturated rings. The molecule has 3 rings (SSSR count). The third-order valence-electron chi connectivity index (χ3n) is 5.44. The van der Waals surface area contributed by atoms with Gasteiger partial charge in [0.25, 0.3) is 5.91 Å². The third-order valence-corrected chi connectivity index (χ3v) is 6.84. The summed E-state index contributed by atoms with van der Waals surface area (Å²) in [5.41, 5.74) is -0.0257. The summed E-state index contributed by atoms with van der Waals surface area (Å²) >= 11 is 5.80. The Morgan fingerprint density at radius 3 is 2.59 bits per heavy atom. The SMILES string of the molecule is NS(=O)(=O)c1cc(C(=O)OCC(=O)N2CC[C@H]3CCCC[C@H]3C2)ccc1Cl. The average Bonchev–Trinajstić information content (AvgIpc) is 2.64. The van der Waals surface area contributed by atoms with Gasteiger partial charge >= 0.3 is 5.97 Å². The van der Waals surface area contributed by atoms with Gasteiger partial charge in [-0.05, 0) is 42.9 Å². The molecular formula is C18H23ClN2O5S. The summed E-state index contributed by atoms with van der Waals surface area (Å²) in [6, 6.07) is 3.64. The molecule has 1 saturated heterocycles. The number of sulfonamides is 1. The second-order valence-corrected chi connectivity index (χ2v) is 9.14. The molecule has 1 aromatic rings. The van der Waals surface area contributed by atoms with Crippen LogP contribution in [0.3, 0.4) is 0 Å². The van der Waals surface area contributed by atoms with Crippen molar-refractivity contribution < 1.29 is 22.7 Å². The second-order valence-electron chi connectivity index (χ2n) is 7.20. The number of ether oxygens (including phenoxy) is 1. The zero-order chi connectivity index (χ0) is 19.6. The molecule has 9 heteroatoms. The van der Waals surface area contributed by atoms with Crippen molar-refractivity contribution in [1.82, 2.24) is 4.90 Å². The second kappa shape index (κ2) is 8.16. The van der Waals surface area contributed by atoms with Crippen molar-refractivity contribution in [2.24, 2.45) is 17.0 Å². The largest absolute Gasteiger partial charge is 0.452 e. The van der Waals surface area contributed by atoms with Crippen LogP contribution in [0.4, 0.5) is 0 Å². The van der Waals surface area contributed by atoms with E-state index in [0.717, 1.165) is 25.5 Å². The van der Waals surface area contributed by atoms with Gasteiger partial charge in [0.1, 0.15) is 4.90 Å². The van der Waals surface area contributed by atoms with Gasteiger partial charge < -0.3 is 9.64 Å². The fourth-order valence-electron chi connectivity index (χ4n) is 3.98. The highest BCUT2D eigenvalue weighted by Crippen LogP contribution is 2.36. The molecule has 2 N–H and O–H groups in total. The quantitative estimate of drug-likeness (QED) is 0.760. The van der Waals surface area contributed by atoms with E-state index in [9.17, 15) is 18.0 Å². The number of carbonyl (C=O) groups is 2. The number of hydrogen-bond donors (Lipinski definition) is 1. The highest BCUT2D eigenvalue weighted by molar-refractivity contribution is 7.89. The van der Waals surface area contributed by atoms with E-state index in [1.54, 1.807) is 4.90 Å². The molecule has 27 heavy (non-hydrogen) atoms. The van der Waals surface area contributed by atoms with E-state index in [1.165, 1.54) is 31.4 Å². The van der Waals surface area contributed by atoms with Gasteiger partial charge in [0.05, 0.1) is 10.6 Å². The van der Waals surface area contributed by atoms with Crippen LogP contribution in [0.15, 0.2) is 23.1 Å². The Kier molecular flexibility index (Phi) is 6.08. The van der Waals surface area contributed by atoms with Crippen LogP contribution in [-0.2, 0) is 19.6 Å². The van der Waals surface area contributed by atoms with Crippen LogP contribution in [0.5, 0.6) is 0 Å². The van der Waals surface area contributed by atoms with Gasteiger partial charge in [-0.2, -0.15) is 0 Å². The molecule has 2 aliphatic rings. The number of carbonyl (C=O) groups excluding carboxylic acids is 2. The van der Waals surface area contributed by atoms with Crippen LogP contribution in [0.1, 0.15) is 42.5 Å². The number of benzene rings is 1. The molecule has 1 aliphatic carbocycles. The predicted molar refractivity (Wildman–Crippen MR) is 99.8 cm³/mol. The fourth-order valence-corrected chi connectivity index (χ4v) is 5.05. The van der Waals surface area contributed by atoms with E-state index in [0.29, 0.717) is 18.4 Å². The van der Waals surface area contributed by atoms with E-state index < -0.39 is 16.0 Å². The molecule has 7 nitrogen and oxygen atoms in total. The van der Waals surface area contributed by atoms with Gasteiger partial charge in [-0.25, -0.2) is 18.4 Å². The fraction of sp³-hybridized carbons (Fsp3) is 0.556. The van der Waals surface area contributed by atoms with Crippen molar-refractivity contribution in [2.75, 3.05) is 19.7 Å². The topological polar surface area (TPSA) is 107 Å². The molecule has 1 aliphatic heterocycles. The first-order chi connectivity index (χ1) is 12.8. The third kappa shape index (κ3) is 4.80. The lowest BCUT2D eigenvalue weighted by Gasteiger charge is -2.41. The van der Waals surface area contributed by atoms with Crippen molar-refractivity contribution >= 4 is 33.5 Å². The van der Waals surface area contributed by atoms with Crippen molar-refractivity contribution in [3.8, 4) is 0 Å². The maximum Gasteiger partial charge on any atom is 0.338 e. The van der Waals surface area contributed by atoms with Crippen molar-refractivity contribution in [2.45, 2.75) is 37.0 Å². The summed E-state index contributed by atoms with van der Waals surface area (Å²) in [5.74, 6) is 0.224. The maximum atomic E-state index is 12.4. The Morgan fingerprint density at radius 2 is 1.89 bits per heavy atom. The standard InChI is InChI=1S/C18H23ClN2O5S/c19-15-6-5-13(9-16(15)27(20,24)25)18(23)26-11-17(22)21-8-7-12-3-1-2-4-14(12)10-21/h5-6,9,12,14H,1-4,7-8,10-11H2,(H2,20,24,25)/t12-,14+/m1/s1. The summed E-state index contributed by atoms with van der Waals surface area (Å²) in [7, 11) is -4.06. The number of fused-ring (bicyclic) bond motifs is 1. The van der Waals surface area contributed by atoms with Gasteiger partial charge in [0.15, 0.2) is 6.61 Å². The molecule has 2 atom stereocenters. The number of primary sulfonamides is 1. The first kappa shape index (κ1) is 20.1. The van der Waals surface area contributed by atoms with Gasteiger partial charge in [-0.3, -0.25) is 4.79 Å². The zero-order valence-electron chi connectivity index (χ0n) is 14.9. The Balaban J connectivity index is 1.58. The molecule has 1 saturated carbocycles. The zero-order valence-corrected chi connectivity index (χ0v) is 16.5. The first-order valence-corrected chi connectivity index (χ1v) is 11.0. The number of nitrogens with two attached hydrogens (primary N) is 1. The minimum Gasteiger partial charge on any atom is -0.452 e. The molecule has 0 spiro atoms. The number of amides is 1. The van der Waals surface area contributed by atoms with E-state index >= 15 is 0 Å². The molecule has 0 radical (unpaired) electrons. The highest BCUT2D eigenvalue weighted by atomic mass is 35.5. The van der Waals surface area contributed by atoms with E-state index in [1.807, 2.05) is 0 Å². The summed E-state index contributed by atoms with van der Waals surface area (Å²) in [6.45, 7) is 1.04. The van der Waals surface area contributed by atoms with Gasteiger partial charge in [-0.15, -0.1) is 0 Å². The smallest absolute Gasteiger partial charge is 0.338 e. The molecule has 0 aromatic heterocycles. The van der Waals surface area contributed by atoms with E-state index in [-0.39, 0.29) is 28.0 Å². The number of nitrogens with zero attached hydrogens (tertiary/aromatic N) is 1. The van der Waals surface area contributed by atoms with Crippen LogP contribution >= 0.6 is 11.6 Å². The molecule has 1 heterocycles. The van der Waals surface area contributed by atoms with Gasteiger partial charge in [0, 0.05) is 13.1 Å². The monoisotopic (exact) mass is 414 g/mol. The molecular weight excluding hydrogens is 392 g/mol. The van der Waals surface area contributed by atoms with Crippen LogP contribution in [0.25, 0.3) is 0 Å². The van der Waals surface area contributed by atoms with Gasteiger partial charge in [-0.1, -0.05) is 30.9 Å². The Hall–Kier alpha value is -1.64. The number of likely N-dealkylation sites (tertiary alicyclic amines) is 1. The number of hydrogen-bond acceptors (Lipinski definition) is 5. The normalized spacial score (nSPS) is 22.8. The van der Waals surface area contributed by atoms with Crippen molar-refractivity contribution in [3.05, 3.63) is 28.8 Å². The summed E-state index contributed by atoms with van der Waals surface area (Å²) < 4.78 is 28.1. The Labute approximate surface area is 163 Å². The lowest BCUT2D eigenvalue weighted by Crippen LogP contribution is -2.46. The Bertz CT molecular complexity index is 842. The average molecular weight is 415 g/mol. The van der Waals surface area contributed by atoms with Crippen molar-refractivity contribution in [3.63, 3.8) is 0 Å². The summed E-state index contributed by atoms with van der Waals surface area (Å²) in [6.07, 6.45) is 5.87. The molecule has 0 bridgehead atoms. The number of esters is 1. The number of rotatable bonds is 4. The summed E-state index contributed by atoms with van der Waals surface area (Å²) in [4.78, 5) is 26.0. The van der Waals surface area contributed by atoms with E-state index in [2.05, 4.69) is 0 Å². The maximum absolute atomic E-state index is 12.4. The number of piperidine rings is 1. The first-order valence-electron chi connectivity index (χ1n) is 9.03. The lowest BCUT2D eigenvalue weighted by atomic mass is 9.75. The highest BCUT2D eigenvalue weighted by Gasteiger charge is 2.33. The van der Waals surface area contributed by atoms with E-state index in [4.69, 9.17) is 21.5 Å². The van der Waals surface area contributed by atoms with Crippen LogP contribution < -0.4 is 5.14 Å². The molecule has 148 valence electrons. The van der Waals surface area contributed by atoms with Crippen LogP contribution in [-0.4, -0.2) is 44.9 Å². The minimum atomic E-state index is -4.06. The van der Waals surface area contributed by atoms with Crippen LogP contribution in [0, 0.1) is 11.8 Å². The van der Waals surface area contributed by atoms with Crippen LogP contribution in [0.2, 0.25) is 5.02 Å². The summed E-state index contributed by atoms with van der Waals surface area (Å²) in [5, 5.41) is 4.99. The lowest BCUT2D eigenvalue weighted by molar-refractivity contribution is -0.137. The Morgan fingerprint density at radius 1 is 1.19 bits per heavy atom. The molecule has 0 unspecified atom stereocenters. The minimum absolute atomic E-state index is 0.0257. The molecule has 1 amide bonds. The number of halogens is 1. The van der Waals surface area contributed by atoms with Crippen molar-refractivity contribution in [1.29, 1.82) is 0 Å².